The molecule has 4 aromatic rings. The van der Waals surface area contributed by atoms with Gasteiger partial charge in [-0.1, -0.05) is 22.9 Å². The SMILES string of the molecule is COC(=O)c1nc(Cl)sc1-n1c(C)cc(/C=C(\C#N)c2nc3cc(OC)ncc3[nH]2)c1C. The van der Waals surface area contributed by atoms with Crippen molar-refractivity contribution in [2.45, 2.75) is 13.8 Å². The summed E-state index contributed by atoms with van der Waals surface area (Å²) in [5.74, 6) is 0.279. The van der Waals surface area contributed by atoms with Crippen LogP contribution in [0.1, 0.15) is 33.3 Å². The number of pyridine rings is 1. The van der Waals surface area contributed by atoms with Gasteiger partial charge < -0.3 is 19.0 Å². The lowest BCUT2D eigenvalue weighted by Crippen LogP contribution is -2.08. The molecule has 0 aromatic carbocycles. The maximum atomic E-state index is 12.2. The van der Waals surface area contributed by atoms with Crippen LogP contribution in [-0.2, 0) is 4.74 Å². The molecule has 0 amide bonds. The number of hydrogen-bond acceptors (Lipinski definition) is 8. The maximum Gasteiger partial charge on any atom is 0.359 e. The zero-order chi connectivity index (χ0) is 23.0. The highest BCUT2D eigenvalue weighted by molar-refractivity contribution is 7.18. The van der Waals surface area contributed by atoms with E-state index in [1.807, 2.05) is 24.5 Å². The second kappa shape index (κ2) is 8.45. The average molecular weight is 469 g/mol. The van der Waals surface area contributed by atoms with Crippen molar-refractivity contribution in [2.75, 3.05) is 14.2 Å². The van der Waals surface area contributed by atoms with E-state index < -0.39 is 5.97 Å². The number of methoxy groups -OCH3 is 2. The third-order valence-electron chi connectivity index (χ3n) is 4.86. The Morgan fingerprint density at radius 2 is 2.09 bits per heavy atom. The number of rotatable bonds is 5. The molecule has 0 saturated carbocycles. The number of H-pyrrole nitrogens is 1. The second-order valence-corrected chi connectivity index (χ2v) is 8.33. The summed E-state index contributed by atoms with van der Waals surface area (Å²) < 4.78 is 12.1. The van der Waals surface area contributed by atoms with Gasteiger partial charge in [0.05, 0.1) is 37.0 Å². The third-order valence-corrected chi connectivity index (χ3v) is 6.01. The molecule has 0 unspecified atom stereocenters. The standard InChI is InChI=1S/C21H17ClN6O3S/c1-10-5-12(11(2)28(10)19-17(20(29)31-4)27-21(22)32-19)6-13(8-23)18-25-14-7-16(30-3)24-9-15(14)26-18/h5-7,9H,1-4H3,(H,25,26)/b13-6+. The van der Waals surface area contributed by atoms with Gasteiger partial charge in [0.1, 0.15) is 16.9 Å². The van der Waals surface area contributed by atoms with Crippen molar-refractivity contribution < 1.29 is 14.3 Å². The quantitative estimate of drug-likeness (QED) is 0.342. The number of aromatic nitrogens is 5. The Kier molecular flexibility index (Phi) is 5.69. The molecule has 11 heteroatoms. The van der Waals surface area contributed by atoms with Crippen LogP contribution in [0.3, 0.4) is 0 Å². The number of nitrogens with one attached hydrogen (secondary N) is 1. The monoisotopic (exact) mass is 468 g/mol. The molecule has 162 valence electrons. The van der Waals surface area contributed by atoms with Crippen LogP contribution >= 0.6 is 22.9 Å². The minimum absolute atomic E-state index is 0.138. The number of imidazole rings is 1. The van der Waals surface area contributed by atoms with E-state index in [2.05, 4.69) is 26.0 Å². The molecule has 4 aromatic heterocycles. The Morgan fingerprint density at radius 3 is 2.78 bits per heavy atom. The Morgan fingerprint density at radius 1 is 1.31 bits per heavy atom. The van der Waals surface area contributed by atoms with E-state index >= 15 is 0 Å². The van der Waals surface area contributed by atoms with Gasteiger partial charge in [-0.3, -0.25) is 0 Å². The summed E-state index contributed by atoms with van der Waals surface area (Å²) in [4.78, 5) is 28.0. The van der Waals surface area contributed by atoms with Crippen molar-refractivity contribution in [3.05, 3.63) is 51.3 Å². The third kappa shape index (κ3) is 3.72. The van der Waals surface area contributed by atoms with Crippen LogP contribution in [0.25, 0.3) is 27.7 Å². The Hall–Kier alpha value is -3.68. The van der Waals surface area contributed by atoms with Crippen molar-refractivity contribution in [2.24, 2.45) is 0 Å². The van der Waals surface area contributed by atoms with Gasteiger partial charge >= 0.3 is 5.97 Å². The number of aryl methyl sites for hydroxylation is 1. The number of carbonyl (C=O) groups is 1. The smallest absolute Gasteiger partial charge is 0.359 e. The summed E-state index contributed by atoms with van der Waals surface area (Å²) in [7, 11) is 2.82. The Bertz CT molecular complexity index is 1430. The van der Waals surface area contributed by atoms with E-state index in [4.69, 9.17) is 21.1 Å². The molecule has 0 aliphatic carbocycles. The van der Waals surface area contributed by atoms with Gasteiger partial charge in [-0.25, -0.2) is 19.7 Å². The highest BCUT2D eigenvalue weighted by Crippen LogP contribution is 2.32. The molecule has 0 fully saturated rings. The molecule has 32 heavy (non-hydrogen) atoms. The molecule has 0 atom stereocenters. The number of halogens is 1. The van der Waals surface area contributed by atoms with Crippen LogP contribution < -0.4 is 4.74 Å². The number of thiazole rings is 1. The zero-order valence-electron chi connectivity index (χ0n) is 17.6. The highest BCUT2D eigenvalue weighted by atomic mass is 35.5. The Labute approximate surface area is 191 Å². The lowest BCUT2D eigenvalue weighted by Gasteiger charge is -2.08. The van der Waals surface area contributed by atoms with E-state index in [9.17, 15) is 10.1 Å². The fraction of sp³-hybridized carbons (Fsp3) is 0.190. The van der Waals surface area contributed by atoms with Crippen LogP contribution in [0.4, 0.5) is 0 Å². The predicted molar refractivity (Wildman–Crippen MR) is 121 cm³/mol. The van der Waals surface area contributed by atoms with Crippen LogP contribution in [0.2, 0.25) is 4.47 Å². The maximum absolute atomic E-state index is 12.2. The summed E-state index contributed by atoms with van der Waals surface area (Å²) in [6.07, 6.45) is 3.34. The molecule has 0 aliphatic rings. The van der Waals surface area contributed by atoms with Gasteiger partial charge in [0.25, 0.3) is 0 Å². The molecule has 0 spiro atoms. The second-order valence-electron chi connectivity index (χ2n) is 6.77. The fourth-order valence-corrected chi connectivity index (χ4v) is 4.55. The van der Waals surface area contributed by atoms with E-state index in [0.29, 0.717) is 33.3 Å². The minimum atomic E-state index is -0.572. The lowest BCUT2D eigenvalue weighted by atomic mass is 10.1. The molecule has 0 radical (unpaired) electrons. The van der Waals surface area contributed by atoms with Crippen LogP contribution in [-0.4, -0.2) is 44.7 Å². The first-order valence-electron chi connectivity index (χ1n) is 9.32. The zero-order valence-corrected chi connectivity index (χ0v) is 19.1. The van der Waals surface area contributed by atoms with Crippen LogP contribution in [0.15, 0.2) is 18.3 Å². The van der Waals surface area contributed by atoms with Gasteiger partial charge in [-0.15, -0.1) is 0 Å². The van der Waals surface area contributed by atoms with Gasteiger partial charge in [0.15, 0.2) is 10.2 Å². The van der Waals surface area contributed by atoms with E-state index in [-0.39, 0.29) is 10.2 Å². The number of nitrogens with zero attached hydrogens (tertiary/aromatic N) is 5. The normalized spacial score (nSPS) is 11.6. The summed E-state index contributed by atoms with van der Waals surface area (Å²) in [5, 5.41) is 10.3. The van der Waals surface area contributed by atoms with E-state index in [1.165, 1.54) is 25.6 Å². The fourth-order valence-electron chi connectivity index (χ4n) is 3.35. The predicted octanol–water partition coefficient (Wildman–Crippen LogP) is 4.33. The Balaban J connectivity index is 1.80. The topological polar surface area (TPSA) is 119 Å². The highest BCUT2D eigenvalue weighted by Gasteiger charge is 2.23. The van der Waals surface area contributed by atoms with Crippen molar-refractivity contribution >= 4 is 51.6 Å². The number of carbonyl (C=O) groups excluding carboxylic acids is 1. The molecule has 4 heterocycles. The first-order valence-corrected chi connectivity index (χ1v) is 10.5. The van der Waals surface area contributed by atoms with E-state index in [1.54, 1.807) is 18.3 Å². The number of aromatic amines is 1. The molecule has 0 saturated heterocycles. The van der Waals surface area contributed by atoms with Gasteiger partial charge in [-0.2, -0.15) is 5.26 Å². The van der Waals surface area contributed by atoms with Crippen LogP contribution in [0.5, 0.6) is 5.88 Å². The van der Waals surface area contributed by atoms with Crippen molar-refractivity contribution in [3.8, 4) is 17.0 Å². The first kappa shape index (κ1) is 21.5. The van der Waals surface area contributed by atoms with E-state index in [0.717, 1.165) is 17.0 Å². The lowest BCUT2D eigenvalue weighted by molar-refractivity contribution is 0.0595. The van der Waals surface area contributed by atoms with Gasteiger partial charge in [0.2, 0.25) is 5.88 Å². The molecular weight excluding hydrogens is 452 g/mol. The summed E-state index contributed by atoms with van der Waals surface area (Å²) in [6, 6.07) is 5.80. The molecule has 9 nitrogen and oxygen atoms in total. The minimum Gasteiger partial charge on any atom is -0.481 e. The number of nitriles is 1. The number of ether oxygens (including phenoxy) is 2. The molecule has 4 rings (SSSR count). The number of allylic oxidation sites excluding steroid dienone is 1. The summed E-state index contributed by atoms with van der Waals surface area (Å²) in [5.41, 5.74) is 4.25. The van der Waals surface area contributed by atoms with Gasteiger partial charge in [0, 0.05) is 17.5 Å². The van der Waals surface area contributed by atoms with Crippen molar-refractivity contribution in [1.29, 1.82) is 5.26 Å². The average Bonchev–Trinajstić information content (AvgIpc) is 3.45. The van der Waals surface area contributed by atoms with Crippen molar-refractivity contribution in [3.63, 3.8) is 0 Å². The summed E-state index contributed by atoms with van der Waals surface area (Å²) in [6.45, 7) is 3.78. The van der Waals surface area contributed by atoms with Crippen LogP contribution in [0, 0.1) is 25.2 Å². The molecule has 0 bridgehead atoms. The number of fused-ring (bicyclic) bond motifs is 1. The largest absolute Gasteiger partial charge is 0.481 e. The molecular formula is C21H17ClN6O3S. The molecule has 1 N–H and O–H groups in total. The van der Waals surface area contributed by atoms with Crippen molar-refractivity contribution in [1.82, 2.24) is 24.5 Å². The number of esters is 1. The van der Waals surface area contributed by atoms with Gasteiger partial charge in [-0.05, 0) is 31.6 Å². The molecule has 0 aliphatic heterocycles. The first-order chi connectivity index (χ1) is 15.4. The number of hydrogen-bond donors (Lipinski definition) is 1. The summed E-state index contributed by atoms with van der Waals surface area (Å²) >= 11 is 7.25.